The molecule has 0 bridgehead atoms. The number of thiazole rings is 1. The van der Waals surface area contributed by atoms with Gasteiger partial charge in [0.15, 0.2) is 0 Å². The lowest BCUT2D eigenvalue weighted by atomic mass is 10.0. The molecule has 0 aliphatic carbocycles. The maximum Gasteiger partial charge on any atom is 0.0957 e. The first kappa shape index (κ1) is 14.8. The Balaban J connectivity index is 1.88. The van der Waals surface area contributed by atoms with Gasteiger partial charge in [-0.15, -0.1) is 11.3 Å². The zero-order valence-electron chi connectivity index (χ0n) is 11.4. The molecule has 1 aromatic heterocycles. The number of aromatic nitrogens is 1. The average Bonchev–Trinajstić information content (AvgIpc) is 2.90. The molecule has 108 valence electrons. The highest BCUT2D eigenvalue weighted by Gasteiger charge is 2.14. The third-order valence-electron chi connectivity index (χ3n) is 3.41. The van der Waals surface area contributed by atoms with Crippen molar-refractivity contribution >= 4 is 44.8 Å². The SMILES string of the molecule is CNC(Cc1nc2ccccc2s1)c1ccc(Cl)c(Cl)c1. The quantitative estimate of drug-likeness (QED) is 0.716. The Labute approximate surface area is 137 Å². The van der Waals surface area contributed by atoms with E-state index >= 15 is 0 Å². The van der Waals surface area contributed by atoms with Gasteiger partial charge in [-0.25, -0.2) is 4.98 Å². The number of halogens is 2. The summed E-state index contributed by atoms with van der Waals surface area (Å²) in [5, 5.41) is 5.60. The summed E-state index contributed by atoms with van der Waals surface area (Å²) < 4.78 is 1.22. The van der Waals surface area contributed by atoms with E-state index in [2.05, 4.69) is 16.4 Å². The number of nitrogens with zero attached hydrogens (tertiary/aromatic N) is 1. The van der Waals surface area contributed by atoms with Gasteiger partial charge in [0.25, 0.3) is 0 Å². The number of para-hydroxylation sites is 1. The van der Waals surface area contributed by atoms with Crippen molar-refractivity contribution < 1.29 is 0 Å². The number of likely N-dealkylation sites (N-methyl/N-ethyl adjacent to an activating group) is 1. The molecule has 0 saturated carbocycles. The fourth-order valence-electron chi connectivity index (χ4n) is 2.30. The molecule has 0 saturated heterocycles. The van der Waals surface area contributed by atoms with Crippen molar-refractivity contribution in [3.63, 3.8) is 0 Å². The topological polar surface area (TPSA) is 24.9 Å². The molecule has 5 heteroatoms. The molecule has 3 aromatic rings. The van der Waals surface area contributed by atoms with Gasteiger partial charge < -0.3 is 5.32 Å². The molecule has 0 aliphatic heterocycles. The normalized spacial score (nSPS) is 12.7. The van der Waals surface area contributed by atoms with Crippen LogP contribution in [0.3, 0.4) is 0 Å². The summed E-state index contributed by atoms with van der Waals surface area (Å²) in [5.74, 6) is 0. The Morgan fingerprint density at radius 1 is 1.14 bits per heavy atom. The number of fused-ring (bicyclic) bond motifs is 1. The summed E-state index contributed by atoms with van der Waals surface area (Å²) in [6.07, 6.45) is 0.827. The van der Waals surface area contributed by atoms with E-state index in [4.69, 9.17) is 23.2 Å². The molecule has 1 unspecified atom stereocenters. The fraction of sp³-hybridized carbons (Fsp3) is 0.188. The second-order valence-corrected chi connectivity index (χ2v) is 6.72. The Hall–Kier alpha value is -1.13. The lowest BCUT2D eigenvalue weighted by Crippen LogP contribution is -2.18. The molecule has 0 aliphatic rings. The number of hydrogen-bond donors (Lipinski definition) is 1. The molecule has 2 nitrogen and oxygen atoms in total. The number of benzene rings is 2. The predicted molar refractivity (Wildman–Crippen MR) is 91.6 cm³/mol. The van der Waals surface area contributed by atoms with Crippen molar-refractivity contribution in [3.8, 4) is 0 Å². The molecule has 21 heavy (non-hydrogen) atoms. The maximum atomic E-state index is 6.11. The Morgan fingerprint density at radius 3 is 2.67 bits per heavy atom. The number of rotatable bonds is 4. The maximum absolute atomic E-state index is 6.11. The van der Waals surface area contributed by atoms with E-state index in [0.29, 0.717) is 10.0 Å². The van der Waals surface area contributed by atoms with Gasteiger partial charge in [-0.05, 0) is 36.9 Å². The van der Waals surface area contributed by atoms with Gasteiger partial charge in [-0.3, -0.25) is 0 Å². The minimum absolute atomic E-state index is 0.167. The van der Waals surface area contributed by atoms with Gasteiger partial charge in [0.1, 0.15) is 0 Å². The van der Waals surface area contributed by atoms with Gasteiger partial charge >= 0.3 is 0 Å². The molecule has 1 atom stereocenters. The van der Waals surface area contributed by atoms with Crippen LogP contribution in [0.5, 0.6) is 0 Å². The highest BCUT2D eigenvalue weighted by molar-refractivity contribution is 7.18. The van der Waals surface area contributed by atoms with Crippen LogP contribution in [-0.4, -0.2) is 12.0 Å². The summed E-state index contributed by atoms with van der Waals surface area (Å²) in [6.45, 7) is 0. The van der Waals surface area contributed by atoms with Crippen LogP contribution in [-0.2, 0) is 6.42 Å². The number of hydrogen-bond acceptors (Lipinski definition) is 3. The lowest BCUT2D eigenvalue weighted by molar-refractivity contribution is 0.591. The molecule has 0 radical (unpaired) electrons. The van der Waals surface area contributed by atoms with Gasteiger partial charge in [-0.2, -0.15) is 0 Å². The van der Waals surface area contributed by atoms with E-state index in [9.17, 15) is 0 Å². The van der Waals surface area contributed by atoms with E-state index in [0.717, 1.165) is 22.5 Å². The Kier molecular flexibility index (Phi) is 4.45. The predicted octanol–water partition coefficient (Wildman–Crippen LogP) is 5.11. The third-order valence-corrected chi connectivity index (χ3v) is 5.21. The Bertz CT molecular complexity index is 737. The fourth-order valence-corrected chi connectivity index (χ4v) is 3.62. The van der Waals surface area contributed by atoms with Gasteiger partial charge in [0.05, 0.1) is 25.3 Å². The third kappa shape index (κ3) is 3.22. The molecule has 0 amide bonds. The van der Waals surface area contributed by atoms with Crippen molar-refractivity contribution in [3.05, 3.63) is 63.1 Å². The van der Waals surface area contributed by atoms with Gasteiger partial charge in [-0.1, -0.05) is 41.4 Å². The van der Waals surface area contributed by atoms with Crippen LogP contribution in [0, 0.1) is 0 Å². The van der Waals surface area contributed by atoms with Crippen molar-refractivity contribution in [1.82, 2.24) is 10.3 Å². The van der Waals surface area contributed by atoms with Crippen LogP contribution in [0.4, 0.5) is 0 Å². The molecule has 2 aromatic carbocycles. The highest BCUT2D eigenvalue weighted by atomic mass is 35.5. The first-order valence-electron chi connectivity index (χ1n) is 6.64. The van der Waals surface area contributed by atoms with E-state index in [1.807, 2.05) is 43.4 Å². The van der Waals surface area contributed by atoms with Crippen LogP contribution < -0.4 is 5.32 Å². The standard InChI is InChI=1S/C16H14Cl2N2S/c1-19-14(10-6-7-11(17)12(18)8-10)9-16-20-13-4-2-3-5-15(13)21-16/h2-8,14,19H,9H2,1H3. The first-order chi connectivity index (χ1) is 10.2. The second-order valence-electron chi connectivity index (χ2n) is 4.79. The molecule has 0 spiro atoms. The van der Waals surface area contributed by atoms with Crippen LogP contribution in [0.1, 0.15) is 16.6 Å². The van der Waals surface area contributed by atoms with Gasteiger partial charge in [0.2, 0.25) is 0 Å². The van der Waals surface area contributed by atoms with Gasteiger partial charge in [0, 0.05) is 12.5 Å². The molecule has 3 rings (SSSR count). The smallest absolute Gasteiger partial charge is 0.0957 e. The Morgan fingerprint density at radius 2 is 1.95 bits per heavy atom. The van der Waals surface area contributed by atoms with E-state index in [-0.39, 0.29) is 6.04 Å². The summed E-state index contributed by atoms with van der Waals surface area (Å²) >= 11 is 13.8. The average molecular weight is 337 g/mol. The zero-order chi connectivity index (χ0) is 14.8. The van der Waals surface area contributed by atoms with E-state index in [1.165, 1.54) is 4.70 Å². The van der Waals surface area contributed by atoms with E-state index in [1.54, 1.807) is 11.3 Å². The number of nitrogens with one attached hydrogen (secondary N) is 1. The van der Waals surface area contributed by atoms with Crippen molar-refractivity contribution in [1.29, 1.82) is 0 Å². The molecule has 1 N–H and O–H groups in total. The summed E-state index contributed by atoms with van der Waals surface area (Å²) in [4.78, 5) is 4.69. The first-order valence-corrected chi connectivity index (χ1v) is 8.21. The van der Waals surface area contributed by atoms with Crippen LogP contribution in [0.15, 0.2) is 42.5 Å². The van der Waals surface area contributed by atoms with Crippen LogP contribution in [0.25, 0.3) is 10.2 Å². The summed E-state index contributed by atoms with van der Waals surface area (Å²) in [6, 6.07) is 14.1. The molecule has 1 heterocycles. The van der Waals surface area contributed by atoms with Crippen molar-refractivity contribution in [2.75, 3.05) is 7.05 Å². The van der Waals surface area contributed by atoms with Crippen LogP contribution >= 0.6 is 34.5 Å². The van der Waals surface area contributed by atoms with Crippen molar-refractivity contribution in [2.45, 2.75) is 12.5 Å². The summed E-state index contributed by atoms with van der Waals surface area (Å²) in [5.41, 5.74) is 2.17. The van der Waals surface area contributed by atoms with Crippen LogP contribution in [0.2, 0.25) is 10.0 Å². The highest BCUT2D eigenvalue weighted by Crippen LogP contribution is 2.29. The zero-order valence-corrected chi connectivity index (χ0v) is 13.8. The summed E-state index contributed by atoms with van der Waals surface area (Å²) in [7, 11) is 1.94. The largest absolute Gasteiger partial charge is 0.313 e. The molecule has 0 fully saturated rings. The van der Waals surface area contributed by atoms with Crippen molar-refractivity contribution in [2.24, 2.45) is 0 Å². The monoisotopic (exact) mass is 336 g/mol. The minimum atomic E-state index is 0.167. The van der Waals surface area contributed by atoms with E-state index < -0.39 is 0 Å². The molecular formula is C16H14Cl2N2S. The second kappa shape index (κ2) is 6.32. The minimum Gasteiger partial charge on any atom is -0.313 e. The lowest BCUT2D eigenvalue weighted by Gasteiger charge is -2.15. The molecular weight excluding hydrogens is 323 g/mol.